The van der Waals surface area contributed by atoms with Crippen LogP contribution in [0.25, 0.3) is 5.69 Å². The molecule has 1 fully saturated rings. The van der Waals surface area contributed by atoms with Crippen LogP contribution in [-0.2, 0) is 11.3 Å². The molecule has 0 atom stereocenters. The highest BCUT2D eigenvalue weighted by Gasteiger charge is 2.20. The summed E-state index contributed by atoms with van der Waals surface area (Å²) in [4.78, 5) is 4.66. The zero-order valence-electron chi connectivity index (χ0n) is 14.2. The van der Waals surface area contributed by atoms with E-state index >= 15 is 0 Å². The topological polar surface area (TPSA) is 64.9 Å². The van der Waals surface area contributed by atoms with Crippen molar-refractivity contribution in [1.82, 2.24) is 19.1 Å². The van der Waals surface area contributed by atoms with Gasteiger partial charge in [-0.3, -0.25) is 0 Å². The summed E-state index contributed by atoms with van der Waals surface area (Å²) in [5, 5.41) is 8.57. The van der Waals surface area contributed by atoms with Gasteiger partial charge in [-0.25, -0.2) is 9.67 Å². The summed E-state index contributed by atoms with van der Waals surface area (Å²) in [7, 11) is 0. The number of rotatable bonds is 5. The van der Waals surface area contributed by atoms with Crippen LogP contribution in [0.3, 0.4) is 0 Å². The molecule has 1 N–H and O–H groups in total. The van der Waals surface area contributed by atoms with E-state index in [1.165, 1.54) is 22.7 Å². The molecule has 1 aliphatic rings. The molecular formula is C18H21N5OS. The molecule has 3 aromatic rings. The molecule has 0 aliphatic carbocycles. The van der Waals surface area contributed by atoms with E-state index in [4.69, 9.17) is 4.74 Å². The average Bonchev–Trinajstić information content (AvgIpc) is 3.33. The van der Waals surface area contributed by atoms with Gasteiger partial charge < -0.3 is 10.1 Å². The van der Waals surface area contributed by atoms with E-state index < -0.39 is 0 Å². The van der Waals surface area contributed by atoms with E-state index in [9.17, 15) is 0 Å². The van der Waals surface area contributed by atoms with E-state index in [0.717, 1.165) is 49.2 Å². The van der Waals surface area contributed by atoms with E-state index in [2.05, 4.69) is 44.9 Å². The predicted molar refractivity (Wildman–Crippen MR) is 98.3 cm³/mol. The van der Waals surface area contributed by atoms with E-state index in [1.807, 2.05) is 16.9 Å². The lowest BCUT2D eigenvalue weighted by Gasteiger charge is -2.18. The van der Waals surface area contributed by atoms with Gasteiger partial charge in [0, 0.05) is 49.6 Å². The summed E-state index contributed by atoms with van der Waals surface area (Å²) >= 11 is 1.44. The van der Waals surface area contributed by atoms with Crippen LogP contribution < -0.4 is 5.32 Å². The maximum Gasteiger partial charge on any atom is 0.202 e. The number of ether oxygens (including phenoxy) is 1. The minimum Gasteiger partial charge on any atom is -0.381 e. The van der Waals surface area contributed by atoms with Crippen LogP contribution in [0.4, 0.5) is 5.13 Å². The number of aromatic nitrogens is 4. The van der Waals surface area contributed by atoms with Crippen LogP contribution in [0.15, 0.2) is 36.7 Å². The molecule has 0 bridgehead atoms. The molecule has 3 heterocycles. The largest absolute Gasteiger partial charge is 0.381 e. The monoisotopic (exact) mass is 355 g/mol. The number of hydrogen-bond acceptors (Lipinski definition) is 6. The minimum absolute atomic E-state index is 0.440. The maximum absolute atomic E-state index is 5.41. The van der Waals surface area contributed by atoms with Crippen molar-refractivity contribution in [3.8, 4) is 5.69 Å². The summed E-state index contributed by atoms with van der Waals surface area (Å²) in [6, 6.07) is 8.30. The Morgan fingerprint density at radius 2 is 2.20 bits per heavy atom. The number of aryl methyl sites for hydroxylation is 1. The molecule has 0 radical (unpaired) electrons. The first-order chi connectivity index (χ1) is 12.3. The summed E-state index contributed by atoms with van der Waals surface area (Å²) in [5.74, 6) is 1.40. The zero-order valence-corrected chi connectivity index (χ0v) is 15.0. The van der Waals surface area contributed by atoms with Gasteiger partial charge >= 0.3 is 0 Å². The Morgan fingerprint density at radius 3 is 2.96 bits per heavy atom. The first kappa shape index (κ1) is 16.2. The summed E-state index contributed by atoms with van der Waals surface area (Å²) in [5.41, 5.74) is 3.55. The van der Waals surface area contributed by atoms with Crippen LogP contribution in [-0.4, -0.2) is 32.4 Å². The second kappa shape index (κ2) is 7.33. The van der Waals surface area contributed by atoms with Crippen molar-refractivity contribution in [1.29, 1.82) is 0 Å². The van der Waals surface area contributed by atoms with E-state index in [0.29, 0.717) is 5.92 Å². The van der Waals surface area contributed by atoms with Crippen molar-refractivity contribution in [3.63, 3.8) is 0 Å². The number of nitrogens with one attached hydrogen (secondary N) is 1. The fourth-order valence-corrected chi connectivity index (χ4v) is 3.68. The highest BCUT2D eigenvalue weighted by molar-refractivity contribution is 7.09. The van der Waals surface area contributed by atoms with Gasteiger partial charge in [0.15, 0.2) is 0 Å². The third-order valence-corrected chi connectivity index (χ3v) is 5.24. The normalized spacial score (nSPS) is 15.4. The zero-order chi connectivity index (χ0) is 17.1. The highest BCUT2D eigenvalue weighted by atomic mass is 32.1. The lowest BCUT2D eigenvalue weighted by atomic mass is 10.00. The Labute approximate surface area is 151 Å². The third-order valence-electron chi connectivity index (χ3n) is 4.55. The Bertz CT molecular complexity index is 824. The van der Waals surface area contributed by atoms with Gasteiger partial charge in [0.1, 0.15) is 5.82 Å². The van der Waals surface area contributed by atoms with E-state index in [-0.39, 0.29) is 0 Å². The molecule has 0 unspecified atom stereocenters. The predicted octanol–water partition coefficient (Wildman–Crippen LogP) is 3.54. The molecule has 4 rings (SSSR count). The smallest absolute Gasteiger partial charge is 0.202 e. The fraction of sp³-hybridized carbons (Fsp3) is 0.389. The third kappa shape index (κ3) is 3.72. The molecule has 0 amide bonds. The molecule has 0 spiro atoms. The molecule has 1 aromatic carbocycles. The van der Waals surface area contributed by atoms with Crippen molar-refractivity contribution in [2.24, 2.45) is 0 Å². The first-order valence-electron chi connectivity index (χ1n) is 8.54. The number of nitrogens with zero attached hydrogens (tertiary/aromatic N) is 4. The van der Waals surface area contributed by atoms with Crippen molar-refractivity contribution >= 4 is 16.7 Å². The maximum atomic E-state index is 5.41. The Kier molecular flexibility index (Phi) is 4.76. The SMILES string of the molecule is Cc1cc(-n2cccn2)ccc1CNc1nc(C2CCOCC2)ns1. The molecule has 0 saturated carbocycles. The molecule has 2 aromatic heterocycles. The van der Waals surface area contributed by atoms with Gasteiger partial charge in [0.05, 0.1) is 5.69 Å². The van der Waals surface area contributed by atoms with Crippen LogP contribution in [0.1, 0.15) is 35.7 Å². The standard InChI is InChI=1S/C18H21N5OS/c1-13-11-16(23-8-2-7-20-23)4-3-15(13)12-19-18-21-17(22-25-18)14-5-9-24-10-6-14/h2-4,7-8,11,14H,5-6,9-10,12H2,1H3,(H,19,21,22). The van der Waals surface area contributed by atoms with Crippen LogP contribution in [0, 0.1) is 6.92 Å². The van der Waals surface area contributed by atoms with Crippen molar-refractivity contribution in [3.05, 3.63) is 53.6 Å². The second-order valence-corrected chi connectivity index (χ2v) is 7.01. The fourth-order valence-electron chi connectivity index (χ4n) is 3.04. The summed E-state index contributed by atoms with van der Waals surface area (Å²) < 4.78 is 11.8. The first-order valence-corrected chi connectivity index (χ1v) is 9.32. The molecule has 6 nitrogen and oxygen atoms in total. The average molecular weight is 355 g/mol. The Hall–Kier alpha value is -2.25. The van der Waals surface area contributed by atoms with Gasteiger partial charge in [0.25, 0.3) is 0 Å². The Balaban J connectivity index is 1.40. The highest BCUT2D eigenvalue weighted by Crippen LogP contribution is 2.27. The quantitative estimate of drug-likeness (QED) is 0.758. The second-order valence-electron chi connectivity index (χ2n) is 6.26. The molecule has 7 heteroatoms. The van der Waals surface area contributed by atoms with Gasteiger partial charge in [-0.2, -0.15) is 9.47 Å². The van der Waals surface area contributed by atoms with Crippen molar-refractivity contribution < 1.29 is 4.74 Å². The van der Waals surface area contributed by atoms with Crippen LogP contribution in [0.2, 0.25) is 0 Å². The Morgan fingerprint density at radius 1 is 1.32 bits per heavy atom. The van der Waals surface area contributed by atoms with Gasteiger partial charge in [0.2, 0.25) is 5.13 Å². The van der Waals surface area contributed by atoms with Gasteiger partial charge in [-0.05, 0) is 49.1 Å². The van der Waals surface area contributed by atoms with Crippen LogP contribution >= 0.6 is 11.5 Å². The molecule has 1 aliphatic heterocycles. The molecule has 130 valence electrons. The van der Waals surface area contributed by atoms with Gasteiger partial charge in [-0.15, -0.1) is 0 Å². The number of benzene rings is 1. The molecular weight excluding hydrogens is 334 g/mol. The minimum atomic E-state index is 0.440. The lowest BCUT2D eigenvalue weighted by molar-refractivity contribution is 0.0838. The number of anilines is 1. The summed E-state index contributed by atoms with van der Waals surface area (Å²) in [6.45, 7) is 4.49. The number of hydrogen-bond donors (Lipinski definition) is 1. The van der Waals surface area contributed by atoms with Gasteiger partial charge in [-0.1, -0.05) is 6.07 Å². The lowest BCUT2D eigenvalue weighted by Crippen LogP contribution is -2.15. The summed E-state index contributed by atoms with van der Waals surface area (Å²) in [6.07, 6.45) is 5.77. The molecule has 1 saturated heterocycles. The van der Waals surface area contributed by atoms with Crippen LogP contribution in [0.5, 0.6) is 0 Å². The van der Waals surface area contributed by atoms with Crippen molar-refractivity contribution in [2.75, 3.05) is 18.5 Å². The van der Waals surface area contributed by atoms with E-state index in [1.54, 1.807) is 6.20 Å². The van der Waals surface area contributed by atoms with Crippen molar-refractivity contribution in [2.45, 2.75) is 32.2 Å². The molecule has 25 heavy (non-hydrogen) atoms.